The predicted molar refractivity (Wildman–Crippen MR) is 112 cm³/mol. The van der Waals surface area contributed by atoms with Crippen LogP contribution in [0.2, 0.25) is 0 Å². The minimum absolute atomic E-state index is 0. The Labute approximate surface area is 165 Å². The Hall–Kier alpha value is -1.96. The smallest absolute Gasteiger partial charge is 0.198 e. The summed E-state index contributed by atoms with van der Waals surface area (Å²) in [6.07, 6.45) is 1.02. The molecule has 6 heteroatoms. The number of hydrogen-bond donors (Lipinski definition) is 2. The summed E-state index contributed by atoms with van der Waals surface area (Å²) in [5.41, 5.74) is 3.29. The minimum Gasteiger partial charge on any atom is -0.508 e. The highest BCUT2D eigenvalue weighted by molar-refractivity contribution is 14.0. The number of nitrogens with zero attached hydrogens (tertiary/aromatic N) is 2. The van der Waals surface area contributed by atoms with Gasteiger partial charge in [0, 0.05) is 24.3 Å². The zero-order valence-corrected chi connectivity index (χ0v) is 16.9. The molecular weight excluding hydrogens is 429 g/mol. The van der Waals surface area contributed by atoms with Crippen LogP contribution in [0.1, 0.15) is 18.1 Å². The molecule has 2 N–H and O–H groups in total. The monoisotopic (exact) mass is 453 g/mol. The van der Waals surface area contributed by atoms with Gasteiger partial charge in [-0.15, -0.1) is 24.0 Å². The Kier molecular flexibility index (Phi) is 6.92. The summed E-state index contributed by atoms with van der Waals surface area (Å²) in [4.78, 5) is 6.92. The number of fused-ring (bicyclic) bond motifs is 1. The average molecular weight is 453 g/mol. The van der Waals surface area contributed by atoms with Gasteiger partial charge in [0.25, 0.3) is 0 Å². The Bertz CT molecular complexity index is 749. The van der Waals surface area contributed by atoms with Crippen LogP contribution in [0.15, 0.2) is 47.5 Å². The molecule has 0 unspecified atom stereocenters. The molecule has 2 aromatic carbocycles. The third-order valence-electron chi connectivity index (χ3n) is 4.16. The molecule has 0 bridgehead atoms. The van der Waals surface area contributed by atoms with Gasteiger partial charge in [0.15, 0.2) is 5.96 Å². The summed E-state index contributed by atoms with van der Waals surface area (Å²) in [6.45, 7) is 4.15. The largest absolute Gasteiger partial charge is 0.508 e. The second-order valence-corrected chi connectivity index (χ2v) is 5.70. The highest BCUT2D eigenvalue weighted by Gasteiger charge is 2.22. The molecule has 0 saturated carbocycles. The van der Waals surface area contributed by atoms with Crippen molar-refractivity contribution >= 4 is 35.6 Å². The average Bonchev–Trinajstić information content (AvgIpc) is 3.04. The van der Waals surface area contributed by atoms with E-state index < -0.39 is 0 Å². The fourth-order valence-electron chi connectivity index (χ4n) is 2.93. The Morgan fingerprint density at radius 1 is 1.28 bits per heavy atom. The van der Waals surface area contributed by atoms with E-state index in [0.29, 0.717) is 6.54 Å². The predicted octanol–water partition coefficient (Wildman–Crippen LogP) is 3.55. The topological polar surface area (TPSA) is 57.1 Å². The van der Waals surface area contributed by atoms with Gasteiger partial charge in [0.05, 0.1) is 13.7 Å². The Balaban J connectivity index is 0.00000225. The summed E-state index contributed by atoms with van der Waals surface area (Å²) in [6, 6.07) is 13.6. The van der Waals surface area contributed by atoms with Crippen molar-refractivity contribution in [1.29, 1.82) is 0 Å². The fourth-order valence-corrected chi connectivity index (χ4v) is 2.93. The van der Waals surface area contributed by atoms with Gasteiger partial charge in [-0.2, -0.15) is 0 Å². The Morgan fingerprint density at radius 2 is 2.08 bits per heavy atom. The molecule has 1 aliphatic heterocycles. The first-order chi connectivity index (χ1) is 11.7. The van der Waals surface area contributed by atoms with Crippen molar-refractivity contribution in [3.05, 3.63) is 53.6 Å². The molecule has 2 aromatic rings. The fraction of sp³-hybridized carbons (Fsp3) is 0.316. The summed E-state index contributed by atoms with van der Waals surface area (Å²) in [5, 5.41) is 13.4. The zero-order valence-electron chi connectivity index (χ0n) is 14.5. The molecule has 0 aromatic heterocycles. The van der Waals surface area contributed by atoms with Crippen LogP contribution in [0.3, 0.4) is 0 Å². The van der Waals surface area contributed by atoms with Crippen molar-refractivity contribution < 1.29 is 9.84 Å². The number of ether oxygens (including phenoxy) is 1. The summed E-state index contributed by atoms with van der Waals surface area (Å²) < 4.78 is 5.22. The lowest BCUT2D eigenvalue weighted by Crippen LogP contribution is -2.40. The maximum Gasteiger partial charge on any atom is 0.198 e. The molecule has 0 amide bonds. The number of phenolic OH excluding ortho intramolecular Hbond substituents is 1. The number of benzene rings is 2. The highest BCUT2D eigenvalue weighted by atomic mass is 127. The van der Waals surface area contributed by atoms with Crippen molar-refractivity contribution in [3.63, 3.8) is 0 Å². The van der Waals surface area contributed by atoms with E-state index in [0.717, 1.165) is 36.8 Å². The van der Waals surface area contributed by atoms with E-state index >= 15 is 0 Å². The van der Waals surface area contributed by atoms with E-state index in [1.807, 2.05) is 6.07 Å². The summed E-state index contributed by atoms with van der Waals surface area (Å²) >= 11 is 0. The van der Waals surface area contributed by atoms with E-state index in [9.17, 15) is 5.11 Å². The van der Waals surface area contributed by atoms with Crippen LogP contribution in [0.25, 0.3) is 0 Å². The van der Waals surface area contributed by atoms with Crippen LogP contribution in [0, 0.1) is 0 Å². The van der Waals surface area contributed by atoms with Gasteiger partial charge in [0.2, 0.25) is 0 Å². The molecule has 134 valence electrons. The van der Waals surface area contributed by atoms with E-state index in [2.05, 4.69) is 41.4 Å². The van der Waals surface area contributed by atoms with Crippen molar-refractivity contribution in [2.75, 3.05) is 25.1 Å². The number of para-hydroxylation sites is 1. The lowest BCUT2D eigenvalue weighted by Gasteiger charge is -2.22. The van der Waals surface area contributed by atoms with Crippen LogP contribution in [0.4, 0.5) is 5.69 Å². The van der Waals surface area contributed by atoms with Crippen LogP contribution < -0.4 is 15.0 Å². The first-order valence-electron chi connectivity index (χ1n) is 8.22. The molecule has 3 rings (SSSR count). The number of phenols is 1. The van der Waals surface area contributed by atoms with Gasteiger partial charge in [-0.3, -0.25) is 0 Å². The maximum atomic E-state index is 10.0. The molecule has 25 heavy (non-hydrogen) atoms. The number of methoxy groups -OCH3 is 1. The van der Waals surface area contributed by atoms with Crippen molar-refractivity contribution in [3.8, 4) is 11.5 Å². The van der Waals surface area contributed by atoms with E-state index in [1.54, 1.807) is 19.2 Å². The number of anilines is 1. The van der Waals surface area contributed by atoms with Crippen LogP contribution >= 0.6 is 24.0 Å². The maximum absolute atomic E-state index is 10.0. The van der Waals surface area contributed by atoms with Gasteiger partial charge in [-0.05, 0) is 43.2 Å². The molecule has 1 aliphatic rings. The van der Waals surface area contributed by atoms with Gasteiger partial charge < -0.3 is 20.1 Å². The lowest BCUT2D eigenvalue weighted by molar-refractivity contribution is 0.411. The van der Waals surface area contributed by atoms with Gasteiger partial charge in [0.1, 0.15) is 11.5 Å². The van der Waals surface area contributed by atoms with E-state index in [-0.39, 0.29) is 29.7 Å². The van der Waals surface area contributed by atoms with E-state index in [1.165, 1.54) is 11.3 Å². The molecular formula is C19H24IN3O2. The van der Waals surface area contributed by atoms with Crippen LogP contribution in [-0.4, -0.2) is 31.3 Å². The van der Waals surface area contributed by atoms with E-state index in [4.69, 9.17) is 9.73 Å². The molecule has 5 nitrogen and oxygen atoms in total. The second kappa shape index (κ2) is 8.94. The van der Waals surface area contributed by atoms with Crippen LogP contribution in [0.5, 0.6) is 11.5 Å². The Morgan fingerprint density at radius 3 is 2.84 bits per heavy atom. The molecule has 0 fully saturated rings. The highest BCUT2D eigenvalue weighted by Crippen LogP contribution is 2.28. The molecule has 0 atom stereocenters. The molecule has 0 spiro atoms. The number of halogens is 1. The van der Waals surface area contributed by atoms with Crippen molar-refractivity contribution in [2.45, 2.75) is 19.9 Å². The number of nitrogens with one attached hydrogen (secondary N) is 1. The number of aliphatic imine (C=N–C) groups is 1. The summed E-state index contributed by atoms with van der Waals surface area (Å²) in [7, 11) is 1.62. The lowest BCUT2D eigenvalue weighted by atomic mass is 10.2. The molecule has 1 heterocycles. The zero-order chi connectivity index (χ0) is 16.9. The number of rotatable bonds is 4. The second-order valence-electron chi connectivity index (χ2n) is 5.70. The first-order valence-corrected chi connectivity index (χ1v) is 8.22. The third-order valence-corrected chi connectivity index (χ3v) is 4.16. The van der Waals surface area contributed by atoms with Gasteiger partial charge in [-0.25, -0.2) is 4.99 Å². The third kappa shape index (κ3) is 4.36. The quantitative estimate of drug-likeness (QED) is 0.423. The normalized spacial score (nSPS) is 13.2. The van der Waals surface area contributed by atoms with Gasteiger partial charge >= 0.3 is 0 Å². The molecule has 0 radical (unpaired) electrons. The number of hydrogen-bond acceptors (Lipinski definition) is 3. The minimum atomic E-state index is 0. The number of guanidine groups is 1. The number of aromatic hydroxyl groups is 1. The molecule has 0 saturated heterocycles. The SMILES string of the molecule is CCNC(=NCc1cc(OC)ccc1O)N1CCc2ccccc21.I. The molecule has 0 aliphatic carbocycles. The first kappa shape index (κ1) is 19.4. The van der Waals surface area contributed by atoms with Gasteiger partial charge in [-0.1, -0.05) is 18.2 Å². The van der Waals surface area contributed by atoms with Crippen molar-refractivity contribution in [2.24, 2.45) is 4.99 Å². The van der Waals surface area contributed by atoms with Crippen LogP contribution in [-0.2, 0) is 13.0 Å². The standard InChI is InChI=1S/C19H23N3O2.HI/c1-3-20-19(22-11-10-14-6-4-5-7-17(14)22)21-13-15-12-16(24-2)8-9-18(15)23;/h4-9,12,23H,3,10-11,13H2,1-2H3,(H,20,21);1H. The van der Waals surface area contributed by atoms with Crippen molar-refractivity contribution in [1.82, 2.24) is 5.32 Å². The summed E-state index contributed by atoms with van der Waals surface area (Å²) in [5.74, 6) is 1.79.